The first-order chi connectivity index (χ1) is 12.5. The first kappa shape index (κ1) is 21.6. The van der Waals surface area contributed by atoms with Gasteiger partial charge in [-0.3, -0.25) is 9.59 Å². The number of nitrogens with one attached hydrogen (secondary N) is 1. The van der Waals surface area contributed by atoms with Crippen LogP contribution in [-0.2, 0) is 19.0 Å². The zero-order chi connectivity index (χ0) is 19.4. The molecule has 0 aliphatic heterocycles. The molecule has 1 rings (SSSR count). The Bertz CT molecular complexity index is 595. The van der Waals surface area contributed by atoms with Crippen LogP contribution in [0.1, 0.15) is 10.4 Å². The van der Waals surface area contributed by atoms with Crippen molar-refractivity contribution in [3.8, 4) is 11.5 Å². The Balaban J connectivity index is 2.35. The lowest BCUT2D eigenvalue weighted by molar-refractivity contribution is -0.374. The molecule has 26 heavy (non-hydrogen) atoms. The number of carbonyl (C=O) groups excluding carboxylic acids is 2. The summed E-state index contributed by atoms with van der Waals surface area (Å²) < 4.78 is 20.6. The Kier molecular flexibility index (Phi) is 10.0. The van der Waals surface area contributed by atoms with Gasteiger partial charge in [0.25, 0.3) is 5.91 Å². The molecular formula is C16H26N3O7+. The van der Waals surface area contributed by atoms with Gasteiger partial charge in [-0.15, -0.1) is 0 Å². The maximum atomic E-state index is 11.8. The number of primary amides is 1. The van der Waals surface area contributed by atoms with Crippen molar-refractivity contribution in [2.45, 2.75) is 0 Å². The van der Waals surface area contributed by atoms with Crippen LogP contribution in [0.3, 0.4) is 0 Å². The molecule has 0 bridgehead atoms. The molecule has 10 heteroatoms. The van der Waals surface area contributed by atoms with Crippen LogP contribution in [0.4, 0.5) is 5.69 Å². The molecule has 146 valence electrons. The largest absolute Gasteiger partial charge is 0.505 e. The number of rotatable bonds is 13. The summed E-state index contributed by atoms with van der Waals surface area (Å²) in [5, 5.41) is 12.5. The quantitative estimate of drug-likeness (QED) is 0.248. The molecular weight excluding hydrogens is 346 g/mol. The average Bonchev–Trinajstić information content (AvgIpc) is 2.61. The number of anilines is 1. The summed E-state index contributed by atoms with van der Waals surface area (Å²) in [5.74, 6) is -1.72. The SMILES string of the molecule is COc1ccc(NC(=O)COCCOCCOCC[NH3+])c(O)c1C(N)=O. The van der Waals surface area contributed by atoms with Crippen LogP contribution in [0, 0.1) is 0 Å². The second-order valence-corrected chi connectivity index (χ2v) is 5.08. The molecule has 0 unspecified atom stereocenters. The molecule has 0 spiro atoms. The van der Waals surface area contributed by atoms with Crippen LogP contribution < -0.4 is 21.5 Å². The van der Waals surface area contributed by atoms with Crippen molar-refractivity contribution in [2.75, 3.05) is 58.6 Å². The van der Waals surface area contributed by atoms with Gasteiger partial charge in [0.15, 0.2) is 5.75 Å². The van der Waals surface area contributed by atoms with Crippen LogP contribution in [-0.4, -0.2) is 70.2 Å². The van der Waals surface area contributed by atoms with Crippen molar-refractivity contribution in [3.05, 3.63) is 17.7 Å². The number of hydrogen-bond donors (Lipinski definition) is 4. The molecule has 10 nitrogen and oxygen atoms in total. The number of ether oxygens (including phenoxy) is 4. The topological polar surface area (TPSA) is 157 Å². The third-order valence-electron chi connectivity index (χ3n) is 3.15. The number of methoxy groups -OCH3 is 1. The smallest absolute Gasteiger partial charge is 0.256 e. The predicted octanol–water partition coefficient (Wildman–Crippen LogP) is -1.27. The van der Waals surface area contributed by atoms with E-state index in [0.29, 0.717) is 33.0 Å². The number of quaternary nitrogens is 1. The summed E-state index contributed by atoms with van der Waals surface area (Å²) in [6, 6.07) is 2.81. The standard InChI is InChI=1S/C16H25N3O7/c1-23-12-3-2-11(15(21)14(12)16(18)22)19-13(20)10-26-9-8-25-7-6-24-5-4-17/h2-3,21H,4-10,17H2,1H3,(H2,18,22)(H,19,20)/p+1. The monoisotopic (exact) mass is 372 g/mol. The highest BCUT2D eigenvalue weighted by Crippen LogP contribution is 2.34. The number of phenols is 1. The molecule has 0 saturated carbocycles. The minimum Gasteiger partial charge on any atom is -0.505 e. The molecule has 7 N–H and O–H groups in total. The molecule has 0 aliphatic carbocycles. The maximum absolute atomic E-state index is 11.8. The summed E-state index contributed by atoms with van der Waals surface area (Å²) in [6.07, 6.45) is 0. The van der Waals surface area contributed by atoms with Gasteiger partial charge in [0.1, 0.15) is 17.9 Å². The van der Waals surface area contributed by atoms with Crippen LogP contribution in [0.5, 0.6) is 11.5 Å². The first-order valence-corrected chi connectivity index (χ1v) is 8.03. The molecule has 0 heterocycles. The van der Waals surface area contributed by atoms with Crippen molar-refractivity contribution >= 4 is 17.5 Å². The first-order valence-electron chi connectivity index (χ1n) is 8.03. The number of benzene rings is 1. The Labute approximate surface area is 151 Å². The molecule has 0 fully saturated rings. The lowest BCUT2D eigenvalue weighted by atomic mass is 10.1. The van der Waals surface area contributed by atoms with Gasteiger partial charge in [-0.05, 0) is 12.1 Å². The highest BCUT2D eigenvalue weighted by atomic mass is 16.5. The Morgan fingerprint density at radius 3 is 2.31 bits per heavy atom. The highest BCUT2D eigenvalue weighted by Gasteiger charge is 2.19. The third kappa shape index (κ3) is 7.23. The molecule has 0 atom stereocenters. The van der Waals surface area contributed by atoms with Crippen LogP contribution >= 0.6 is 0 Å². The highest BCUT2D eigenvalue weighted by molar-refractivity contribution is 6.02. The predicted molar refractivity (Wildman–Crippen MR) is 92.0 cm³/mol. The van der Waals surface area contributed by atoms with E-state index < -0.39 is 17.6 Å². The van der Waals surface area contributed by atoms with E-state index in [0.717, 1.165) is 0 Å². The molecule has 1 aromatic carbocycles. The van der Waals surface area contributed by atoms with E-state index in [2.05, 4.69) is 11.1 Å². The molecule has 0 aromatic heterocycles. The number of nitrogens with two attached hydrogens (primary N) is 1. The summed E-state index contributed by atoms with van der Waals surface area (Å²) in [6.45, 7) is 2.53. The van der Waals surface area contributed by atoms with E-state index in [-0.39, 0.29) is 30.2 Å². The minimum atomic E-state index is -0.872. The van der Waals surface area contributed by atoms with Gasteiger partial charge in [-0.25, -0.2) is 0 Å². The lowest BCUT2D eigenvalue weighted by Gasteiger charge is -2.13. The van der Waals surface area contributed by atoms with Crippen molar-refractivity contribution in [1.29, 1.82) is 0 Å². The minimum absolute atomic E-state index is 0.0343. The molecule has 0 saturated heterocycles. The third-order valence-corrected chi connectivity index (χ3v) is 3.15. The van der Waals surface area contributed by atoms with E-state index in [1.165, 1.54) is 19.2 Å². The van der Waals surface area contributed by atoms with Crippen molar-refractivity contribution < 1.29 is 39.4 Å². The van der Waals surface area contributed by atoms with Crippen molar-refractivity contribution in [3.63, 3.8) is 0 Å². The lowest BCUT2D eigenvalue weighted by Crippen LogP contribution is -2.52. The summed E-state index contributed by atoms with van der Waals surface area (Å²) in [7, 11) is 1.34. The van der Waals surface area contributed by atoms with E-state index in [1.54, 1.807) is 0 Å². The molecule has 2 amide bonds. The zero-order valence-corrected chi connectivity index (χ0v) is 14.8. The van der Waals surface area contributed by atoms with E-state index >= 15 is 0 Å². The number of carbonyl (C=O) groups is 2. The van der Waals surface area contributed by atoms with Gasteiger partial charge < -0.3 is 40.8 Å². The second-order valence-electron chi connectivity index (χ2n) is 5.08. The maximum Gasteiger partial charge on any atom is 0.256 e. The van der Waals surface area contributed by atoms with Gasteiger partial charge >= 0.3 is 0 Å². The number of hydrogen-bond acceptors (Lipinski definition) is 7. The fourth-order valence-electron chi connectivity index (χ4n) is 1.97. The van der Waals surface area contributed by atoms with Crippen LogP contribution in [0.15, 0.2) is 12.1 Å². The zero-order valence-electron chi connectivity index (χ0n) is 14.8. The summed E-state index contributed by atoms with van der Waals surface area (Å²) in [4.78, 5) is 23.3. The Hall–Kier alpha value is -2.40. The van der Waals surface area contributed by atoms with Gasteiger partial charge in [-0.2, -0.15) is 0 Å². The molecule has 0 radical (unpaired) electrons. The summed E-state index contributed by atoms with van der Waals surface area (Å²) in [5.41, 5.74) is 8.69. The number of aromatic hydroxyl groups is 1. The normalized spacial score (nSPS) is 10.5. The molecule has 1 aromatic rings. The fourth-order valence-corrected chi connectivity index (χ4v) is 1.97. The van der Waals surface area contributed by atoms with Gasteiger partial charge in [0.2, 0.25) is 5.91 Å². The Morgan fingerprint density at radius 1 is 1.12 bits per heavy atom. The fraction of sp³-hybridized carbons (Fsp3) is 0.500. The van der Waals surface area contributed by atoms with Crippen LogP contribution in [0.2, 0.25) is 0 Å². The van der Waals surface area contributed by atoms with E-state index in [9.17, 15) is 14.7 Å². The van der Waals surface area contributed by atoms with E-state index in [4.69, 9.17) is 24.7 Å². The Morgan fingerprint density at radius 2 is 1.73 bits per heavy atom. The number of amides is 2. The van der Waals surface area contributed by atoms with Crippen molar-refractivity contribution in [2.24, 2.45) is 5.73 Å². The van der Waals surface area contributed by atoms with E-state index in [1.807, 2.05) is 0 Å². The van der Waals surface area contributed by atoms with Gasteiger partial charge in [-0.1, -0.05) is 0 Å². The van der Waals surface area contributed by atoms with Gasteiger partial charge in [0, 0.05) is 0 Å². The molecule has 0 aliphatic rings. The van der Waals surface area contributed by atoms with Crippen LogP contribution in [0.25, 0.3) is 0 Å². The van der Waals surface area contributed by atoms with Crippen molar-refractivity contribution in [1.82, 2.24) is 0 Å². The second kappa shape index (κ2) is 12.0. The average molecular weight is 372 g/mol. The van der Waals surface area contributed by atoms with Gasteiger partial charge in [0.05, 0.1) is 52.4 Å². The summed E-state index contributed by atoms with van der Waals surface area (Å²) >= 11 is 0.